The molecule has 2 heterocycles. The first-order valence-corrected chi connectivity index (χ1v) is 9.39. The summed E-state index contributed by atoms with van der Waals surface area (Å²) in [5, 5.41) is 0.789. The van der Waals surface area contributed by atoms with Gasteiger partial charge in [-0.05, 0) is 35.2 Å². The second kappa shape index (κ2) is 7.01. The molecule has 2 aromatic carbocycles. The van der Waals surface area contributed by atoms with E-state index in [0.29, 0.717) is 11.8 Å². The fourth-order valence-electron chi connectivity index (χ4n) is 4.58. The summed E-state index contributed by atoms with van der Waals surface area (Å²) in [6, 6.07) is 14.6. The van der Waals surface area contributed by atoms with E-state index in [4.69, 9.17) is 11.6 Å². The van der Waals surface area contributed by atoms with Gasteiger partial charge in [-0.3, -0.25) is 9.69 Å². The Morgan fingerprint density at radius 3 is 2.69 bits per heavy atom. The summed E-state index contributed by atoms with van der Waals surface area (Å²) in [7, 11) is 0. The number of nitrogens with zero attached hydrogens (tertiary/aromatic N) is 2. The maximum absolute atomic E-state index is 13.8. The Morgan fingerprint density at radius 1 is 1.15 bits per heavy atom. The quantitative estimate of drug-likeness (QED) is 0.808. The van der Waals surface area contributed by atoms with Gasteiger partial charge < -0.3 is 4.90 Å². The molecule has 136 valence electrons. The number of likely N-dealkylation sites (tertiary alicyclic amines) is 2. The van der Waals surface area contributed by atoms with E-state index in [2.05, 4.69) is 11.0 Å². The van der Waals surface area contributed by atoms with E-state index in [1.54, 1.807) is 19.1 Å². The topological polar surface area (TPSA) is 23.6 Å². The van der Waals surface area contributed by atoms with E-state index >= 15 is 0 Å². The van der Waals surface area contributed by atoms with Gasteiger partial charge in [0.1, 0.15) is 5.82 Å². The molecule has 0 bridgehead atoms. The van der Waals surface area contributed by atoms with E-state index in [0.717, 1.165) is 42.3 Å². The molecule has 0 radical (unpaired) electrons. The van der Waals surface area contributed by atoms with Crippen molar-refractivity contribution in [3.63, 3.8) is 0 Å². The molecule has 3 atom stereocenters. The minimum Gasteiger partial charge on any atom is -0.335 e. The van der Waals surface area contributed by atoms with Crippen LogP contribution >= 0.6 is 11.6 Å². The third kappa shape index (κ3) is 3.24. The third-order valence-electron chi connectivity index (χ3n) is 5.69. The highest BCUT2D eigenvalue weighted by Gasteiger charge is 2.48. The van der Waals surface area contributed by atoms with Crippen LogP contribution in [-0.2, 0) is 11.3 Å². The highest BCUT2D eigenvalue weighted by atomic mass is 35.5. The van der Waals surface area contributed by atoms with Gasteiger partial charge in [0.15, 0.2) is 0 Å². The van der Waals surface area contributed by atoms with Crippen LogP contribution in [0.1, 0.15) is 24.1 Å². The van der Waals surface area contributed by atoms with Crippen molar-refractivity contribution in [3.8, 4) is 0 Å². The average molecular weight is 373 g/mol. The zero-order valence-electron chi connectivity index (χ0n) is 14.7. The van der Waals surface area contributed by atoms with E-state index < -0.39 is 0 Å². The molecule has 0 spiro atoms. The number of carbonyl (C=O) groups excluding carboxylic acids is 1. The monoisotopic (exact) mass is 372 g/mol. The molecule has 4 rings (SSSR count). The second-order valence-electron chi connectivity index (χ2n) is 7.38. The lowest BCUT2D eigenvalue weighted by molar-refractivity contribution is -0.130. The van der Waals surface area contributed by atoms with Crippen LogP contribution in [0.3, 0.4) is 0 Å². The van der Waals surface area contributed by atoms with Crippen LogP contribution in [0.15, 0.2) is 48.5 Å². The number of hydrogen-bond donors (Lipinski definition) is 0. The molecular formula is C21H22ClFN2O. The molecule has 2 aliphatic rings. The Morgan fingerprint density at radius 2 is 1.96 bits per heavy atom. The van der Waals surface area contributed by atoms with Crippen molar-refractivity contribution in [3.05, 3.63) is 70.5 Å². The van der Waals surface area contributed by atoms with Crippen LogP contribution < -0.4 is 0 Å². The summed E-state index contributed by atoms with van der Waals surface area (Å²) < 4.78 is 13.8. The van der Waals surface area contributed by atoms with Gasteiger partial charge in [0.25, 0.3) is 0 Å². The van der Waals surface area contributed by atoms with E-state index in [1.165, 1.54) is 6.07 Å². The Bertz CT molecular complexity index is 827. The van der Waals surface area contributed by atoms with Crippen molar-refractivity contribution in [1.29, 1.82) is 0 Å². The van der Waals surface area contributed by atoms with Crippen LogP contribution in [-0.4, -0.2) is 35.3 Å². The smallest absolute Gasteiger partial charge is 0.219 e. The summed E-state index contributed by atoms with van der Waals surface area (Å²) >= 11 is 6.31. The predicted molar refractivity (Wildman–Crippen MR) is 100 cm³/mol. The zero-order chi connectivity index (χ0) is 18.3. The summed E-state index contributed by atoms with van der Waals surface area (Å²) in [6.45, 7) is 4.98. The third-order valence-corrected chi connectivity index (χ3v) is 6.05. The molecule has 2 aromatic rings. The molecule has 0 aliphatic carbocycles. The van der Waals surface area contributed by atoms with Crippen LogP contribution in [0.25, 0.3) is 0 Å². The number of hydrogen-bond acceptors (Lipinski definition) is 2. The van der Waals surface area contributed by atoms with Crippen molar-refractivity contribution in [2.45, 2.75) is 19.5 Å². The average Bonchev–Trinajstić information content (AvgIpc) is 3.14. The van der Waals surface area contributed by atoms with Crippen molar-refractivity contribution in [2.24, 2.45) is 11.8 Å². The van der Waals surface area contributed by atoms with E-state index in [9.17, 15) is 9.18 Å². The largest absolute Gasteiger partial charge is 0.335 e. The molecule has 2 aliphatic heterocycles. The number of benzene rings is 2. The van der Waals surface area contributed by atoms with Gasteiger partial charge in [0.05, 0.1) is 6.04 Å². The van der Waals surface area contributed by atoms with Crippen molar-refractivity contribution >= 4 is 17.5 Å². The summed E-state index contributed by atoms with van der Waals surface area (Å²) in [4.78, 5) is 16.5. The number of amides is 1. The molecule has 0 aromatic heterocycles. The van der Waals surface area contributed by atoms with Gasteiger partial charge in [-0.2, -0.15) is 0 Å². The first-order valence-electron chi connectivity index (χ1n) is 9.01. The second-order valence-corrected chi connectivity index (χ2v) is 7.79. The highest BCUT2D eigenvalue weighted by molar-refractivity contribution is 6.31. The Kier molecular flexibility index (Phi) is 4.72. The first-order chi connectivity index (χ1) is 12.5. The summed E-state index contributed by atoms with van der Waals surface area (Å²) in [6.07, 6.45) is 0. The van der Waals surface area contributed by atoms with Gasteiger partial charge in [-0.15, -0.1) is 0 Å². The van der Waals surface area contributed by atoms with Crippen molar-refractivity contribution in [1.82, 2.24) is 9.80 Å². The normalized spacial score (nSPS) is 25.5. The van der Waals surface area contributed by atoms with Gasteiger partial charge in [-0.1, -0.05) is 41.9 Å². The van der Waals surface area contributed by atoms with E-state index in [-0.39, 0.29) is 17.8 Å². The Hall–Kier alpha value is -1.91. The highest BCUT2D eigenvalue weighted by Crippen LogP contribution is 2.45. The standard InChI is InChI=1S/C21H22ClFN2O/c1-14(26)25-12-17-11-24(10-16-5-2-3-8-20(16)22)13-19(17)21(25)15-6-4-7-18(23)9-15/h2-9,17,19,21H,10-13H2,1H3/t17-,19-,21-/m1/s1. The molecule has 2 saturated heterocycles. The molecule has 0 unspecified atom stereocenters. The van der Waals surface area contributed by atoms with Crippen LogP contribution in [0.2, 0.25) is 5.02 Å². The number of halogens is 2. The van der Waals surface area contributed by atoms with Crippen molar-refractivity contribution < 1.29 is 9.18 Å². The SMILES string of the molecule is CC(=O)N1C[C@H]2CN(Cc3ccccc3Cl)C[C@H]2[C@H]1c1cccc(F)c1. The zero-order valence-corrected chi connectivity index (χ0v) is 15.5. The molecule has 2 fully saturated rings. The summed E-state index contributed by atoms with van der Waals surface area (Å²) in [5.41, 5.74) is 2.02. The fraction of sp³-hybridized carbons (Fsp3) is 0.381. The molecule has 0 saturated carbocycles. The molecule has 3 nitrogen and oxygen atoms in total. The lowest BCUT2D eigenvalue weighted by Gasteiger charge is -2.29. The van der Waals surface area contributed by atoms with Crippen molar-refractivity contribution in [2.75, 3.05) is 19.6 Å². The predicted octanol–water partition coefficient (Wildman–Crippen LogP) is 4.13. The molecule has 5 heteroatoms. The maximum Gasteiger partial charge on any atom is 0.219 e. The Labute approximate surface area is 158 Å². The first kappa shape index (κ1) is 17.5. The minimum absolute atomic E-state index is 0.0514. The number of carbonyl (C=O) groups is 1. The van der Waals surface area contributed by atoms with Crippen LogP contribution in [0.4, 0.5) is 4.39 Å². The van der Waals surface area contributed by atoms with E-state index in [1.807, 2.05) is 29.2 Å². The van der Waals surface area contributed by atoms with Crippen LogP contribution in [0.5, 0.6) is 0 Å². The molecule has 0 N–H and O–H groups in total. The van der Waals surface area contributed by atoms with Gasteiger partial charge in [0, 0.05) is 44.0 Å². The minimum atomic E-state index is -0.250. The van der Waals surface area contributed by atoms with Gasteiger partial charge in [0.2, 0.25) is 5.91 Å². The maximum atomic E-state index is 13.8. The van der Waals surface area contributed by atoms with Crippen LogP contribution in [0, 0.1) is 17.7 Å². The lowest BCUT2D eigenvalue weighted by Crippen LogP contribution is -2.34. The van der Waals surface area contributed by atoms with Gasteiger partial charge in [-0.25, -0.2) is 4.39 Å². The number of fused-ring (bicyclic) bond motifs is 1. The Balaban J connectivity index is 1.57. The number of rotatable bonds is 3. The lowest BCUT2D eigenvalue weighted by atomic mass is 9.89. The molecule has 26 heavy (non-hydrogen) atoms. The molecular weight excluding hydrogens is 351 g/mol. The fourth-order valence-corrected chi connectivity index (χ4v) is 4.77. The summed E-state index contributed by atoms with van der Waals surface area (Å²) in [5.74, 6) is 0.546. The van der Waals surface area contributed by atoms with Gasteiger partial charge >= 0.3 is 0 Å². The molecule has 1 amide bonds.